The lowest BCUT2D eigenvalue weighted by Crippen LogP contribution is -2.45. The lowest BCUT2D eigenvalue weighted by atomic mass is 10.2. The maximum Gasteiger partial charge on any atom is 0.490 e. The second-order valence-corrected chi connectivity index (χ2v) is 8.19. The van der Waals surface area contributed by atoms with Gasteiger partial charge >= 0.3 is 17.8 Å². The van der Waals surface area contributed by atoms with E-state index in [4.69, 9.17) is 14.2 Å². The van der Waals surface area contributed by atoms with Gasteiger partial charge in [0.25, 0.3) is 11.5 Å². The number of aromatic nitrogens is 2. The summed E-state index contributed by atoms with van der Waals surface area (Å²) in [6.07, 6.45) is -6.75. The first kappa shape index (κ1) is 28.7. The molecule has 0 amide bonds. The molecule has 0 spiro atoms. The molecule has 1 aliphatic heterocycles. The van der Waals surface area contributed by atoms with E-state index < -0.39 is 54.3 Å². The molecule has 3 rings (SSSR count). The molecular formula is C25H25F3N2O8. The summed E-state index contributed by atoms with van der Waals surface area (Å²) in [6, 6.07) is 5.75. The molecule has 0 radical (unpaired) electrons. The second kappa shape index (κ2) is 12.1. The van der Waals surface area contributed by atoms with E-state index in [1.807, 2.05) is 6.92 Å². The monoisotopic (exact) mass is 538 g/mol. The number of carbonyl (C=O) groups is 2. The molecule has 10 nitrogen and oxygen atoms in total. The summed E-state index contributed by atoms with van der Waals surface area (Å²) in [6.45, 7) is 2.32. The summed E-state index contributed by atoms with van der Waals surface area (Å²) in [4.78, 5) is 50.3. The van der Waals surface area contributed by atoms with Gasteiger partial charge in [-0.15, -0.1) is 5.92 Å². The van der Waals surface area contributed by atoms with Crippen molar-refractivity contribution in [2.45, 2.75) is 51.3 Å². The fraction of sp³-hybridized carbons (Fsp3) is 0.440. The highest BCUT2D eigenvalue weighted by Crippen LogP contribution is 2.31. The molecule has 1 saturated heterocycles. The second-order valence-electron chi connectivity index (χ2n) is 8.19. The third-order valence-corrected chi connectivity index (χ3v) is 5.60. The number of halogens is 3. The first-order chi connectivity index (χ1) is 18.0. The Hall–Kier alpha value is -3.89. The number of carbonyl (C=O) groups excluding carboxylic acids is 2. The molecule has 38 heavy (non-hydrogen) atoms. The fourth-order valence-corrected chi connectivity index (χ4v) is 3.71. The summed E-state index contributed by atoms with van der Waals surface area (Å²) in [5.74, 6) is 2.66. The highest BCUT2D eigenvalue weighted by atomic mass is 19.4. The van der Waals surface area contributed by atoms with Crippen LogP contribution in [0, 0.1) is 18.8 Å². The Balaban J connectivity index is 1.92. The first-order valence-corrected chi connectivity index (χ1v) is 11.5. The zero-order chi connectivity index (χ0) is 28.0. The number of hydrogen-bond donors (Lipinski definition) is 0. The third-order valence-electron chi connectivity index (χ3n) is 5.60. The maximum atomic E-state index is 13.3. The van der Waals surface area contributed by atoms with Crippen LogP contribution in [0.4, 0.5) is 13.2 Å². The van der Waals surface area contributed by atoms with Crippen LogP contribution in [-0.4, -0.2) is 59.7 Å². The number of nitrogens with zero attached hydrogens (tertiary/aromatic N) is 2. The summed E-state index contributed by atoms with van der Waals surface area (Å²) in [5.41, 5.74) is -1.79. The average Bonchev–Trinajstić information content (AvgIpc) is 3.29. The van der Waals surface area contributed by atoms with Gasteiger partial charge in [0.15, 0.2) is 0 Å². The molecule has 0 bridgehead atoms. The van der Waals surface area contributed by atoms with Crippen LogP contribution in [0.3, 0.4) is 0 Å². The van der Waals surface area contributed by atoms with Crippen molar-refractivity contribution >= 4 is 11.9 Å². The molecule has 1 fully saturated rings. The molecule has 1 aliphatic rings. The van der Waals surface area contributed by atoms with E-state index in [0.717, 1.165) is 4.57 Å². The summed E-state index contributed by atoms with van der Waals surface area (Å²) in [5, 5.41) is 0. The minimum Gasteiger partial charge on any atom is -0.497 e. The number of hydrogen-bond acceptors (Lipinski definition) is 8. The van der Waals surface area contributed by atoms with Crippen molar-refractivity contribution < 1.29 is 41.7 Å². The van der Waals surface area contributed by atoms with Crippen molar-refractivity contribution in [3.63, 3.8) is 0 Å². The Morgan fingerprint density at radius 3 is 2.45 bits per heavy atom. The smallest absolute Gasteiger partial charge is 0.490 e. The molecule has 0 N–H and O–H groups in total. The van der Waals surface area contributed by atoms with Crippen LogP contribution in [-0.2, 0) is 19.0 Å². The van der Waals surface area contributed by atoms with Crippen LogP contribution >= 0.6 is 0 Å². The van der Waals surface area contributed by atoms with Gasteiger partial charge in [-0.2, -0.15) is 17.7 Å². The topological polar surface area (TPSA) is 115 Å². The number of aryl methyl sites for hydroxylation is 1. The number of ether oxygens (including phenoxy) is 4. The molecular weight excluding hydrogens is 513 g/mol. The van der Waals surface area contributed by atoms with Gasteiger partial charge in [0, 0.05) is 30.2 Å². The SMILES string of the molecule is CCC#CCO[C@H]1C[C@H](n2cc(C)c(=O)n(C(=O)c3ccc(OC)cc3)c2=O)O[C@@H]1COC(=O)C(F)(F)F. The minimum atomic E-state index is -5.20. The summed E-state index contributed by atoms with van der Waals surface area (Å²) in [7, 11) is 1.44. The lowest BCUT2D eigenvalue weighted by Gasteiger charge is -2.19. The van der Waals surface area contributed by atoms with Crippen LogP contribution < -0.4 is 16.0 Å². The molecule has 1 aromatic heterocycles. The normalized spacial score (nSPS) is 18.9. The van der Waals surface area contributed by atoms with Gasteiger partial charge in [0.05, 0.1) is 13.2 Å². The van der Waals surface area contributed by atoms with Gasteiger partial charge in [0.2, 0.25) is 0 Å². The Labute approximate surface area is 214 Å². The number of benzene rings is 1. The molecule has 0 saturated carbocycles. The zero-order valence-corrected chi connectivity index (χ0v) is 20.7. The molecule has 0 unspecified atom stereocenters. The van der Waals surface area contributed by atoms with E-state index in [9.17, 15) is 32.3 Å². The number of esters is 1. The van der Waals surface area contributed by atoms with E-state index in [1.54, 1.807) is 0 Å². The third kappa shape index (κ3) is 6.51. The van der Waals surface area contributed by atoms with Crippen LogP contribution in [0.2, 0.25) is 0 Å². The fourth-order valence-electron chi connectivity index (χ4n) is 3.71. The van der Waals surface area contributed by atoms with Crippen molar-refractivity contribution in [2.24, 2.45) is 0 Å². The average molecular weight is 538 g/mol. The molecule has 1 aromatic carbocycles. The molecule has 204 valence electrons. The van der Waals surface area contributed by atoms with Gasteiger partial charge in [0.1, 0.15) is 31.3 Å². The Morgan fingerprint density at radius 1 is 1.16 bits per heavy atom. The Bertz CT molecular complexity index is 1350. The first-order valence-electron chi connectivity index (χ1n) is 11.5. The summed E-state index contributed by atoms with van der Waals surface area (Å²) >= 11 is 0. The van der Waals surface area contributed by atoms with E-state index in [-0.39, 0.29) is 24.2 Å². The van der Waals surface area contributed by atoms with Crippen molar-refractivity contribution in [2.75, 3.05) is 20.3 Å². The van der Waals surface area contributed by atoms with E-state index in [0.29, 0.717) is 16.7 Å². The quantitative estimate of drug-likeness (QED) is 0.390. The van der Waals surface area contributed by atoms with Crippen LogP contribution in [0.25, 0.3) is 0 Å². The van der Waals surface area contributed by atoms with Gasteiger partial charge < -0.3 is 18.9 Å². The maximum absolute atomic E-state index is 13.3. The van der Waals surface area contributed by atoms with Crippen molar-refractivity contribution in [1.82, 2.24) is 9.13 Å². The molecule has 13 heteroatoms. The van der Waals surface area contributed by atoms with Crippen molar-refractivity contribution in [3.8, 4) is 17.6 Å². The van der Waals surface area contributed by atoms with E-state index >= 15 is 0 Å². The number of rotatable bonds is 7. The summed E-state index contributed by atoms with van der Waals surface area (Å²) < 4.78 is 60.0. The zero-order valence-electron chi connectivity index (χ0n) is 20.7. The van der Waals surface area contributed by atoms with Crippen LogP contribution in [0.1, 0.15) is 41.9 Å². The van der Waals surface area contributed by atoms with Gasteiger partial charge in [-0.25, -0.2) is 9.59 Å². The van der Waals surface area contributed by atoms with Gasteiger partial charge in [-0.1, -0.05) is 12.8 Å². The van der Waals surface area contributed by atoms with E-state index in [1.165, 1.54) is 44.5 Å². The van der Waals surface area contributed by atoms with Crippen LogP contribution in [0.15, 0.2) is 40.1 Å². The van der Waals surface area contributed by atoms with Crippen LogP contribution in [0.5, 0.6) is 5.75 Å². The van der Waals surface area contributed by atoms with E-state index in [2.05, 4.69) is 16.6 Å². The van der Waals surface area contributed by atoms with Crippen molar-refractivity contribution in [1.29, 1.82) is 0 Å². The largest absolute Gasteiger partial charge is 0.497 e. The standard InChI is InChI=1S/C25H25F3N2O8/c1-4-5-6-11-36-18-12-20(38-19(18)14-37-23(33)25(26,27)28)29-13-15(2)21(31)30(24(29)34)22(32)16-7-9-17(35-3)10-8-16/h7-10,13,18-20H,4,11-12,14H2,1-3H3/t18-,19+,20+/m0/s1. The molecule has 2 aromatic rings. The predicted molar refractivity (Wildman–Crippen MR) is 126 cm³/mol. The number of alkyl halides is 3. The molecule has 2 heterocycles. The molecule has 0 aliphatic carbocycles. The highest BCUT2D eigenvalue weighted by molar-refractivity contribution is 5.95. The molecule has 3 atom stereocenters. The Kier molecular flexibility index (Phi) is 9.13. The predicted octanol–water partition coefficient (Wildman–Crippen LogP) is 2.21. The van der Waals surface area contributed by atoms with Crippen molar-refractivity contribution in [3.05, 3.63) is 62.4 Å². The lowest BCUT2D eigenvalue weighted by molar-refractivity contribution is -0.204. The highest BCUT2D eigenvalue weighted by Gasteiger charge is 2.44. The van der Waals surface area contributed by atoms with Gasteiger partial charge in [-0.3, -0.25) is 14.2 Å². The minimum absolute atomic E-state index is 0.0355. The number of methoxy groups -OCH3 is 1. The van der Waals surface area contributed by atoms with Gasteiger partial charge in [-0.05, 0) is 31.2 Å². The Morgan fingerprint density at radius 2 is 1.84 bits per heavy atom.